The second-order valence-corrected chi connectivity index (χ2v) is 3.32. The lowest BCUT2D eigenvalue weighted by Crippen LogP contribution is -2.28. The molecular weight excluding hydrogens is 213 g/mol. The molecule has 0 spiro atoms. The molecule has 0 aromatic carbocycles. The van der Waals surface area contributed by atoms with E-state index < -0.39 is 12.1 Å². The summed E-state index contributed by atoms with van der Waals surface area (Å²) in [5, 5.41) is 5.79. The zero-order chi connectivity index (χ0) is 11.1. The van der Waals surface area contributed by atoms with Gasteiger partial charge in [-0.15, -0.1) is 0 Å². The second-order valence-electron chi connectivity index (χ2n) is 3.32. The van der Waals surface area contributed by atoms with Crippen molar-refractivity contribution in [2.24, 2.45) is 0 Å². The Bertz CT molecular complexity index is 381. The van der Waals surface area contributed by atoms with Gasteiger partial charge in [0.15, 0.2) is 0 Å². The first-order valence-electron chi connectivity index (χ1n) is 4.30. The zero-order valence-corrected chi connectivity index (χ0v) is 7.47. The molecule has 2 rings (SSSR count). The first kappa shape index (κ1) is 10.0. The standard InChI is InChI=1S/C8H7F3N2O2/c9-8(10,11)7(14)15-6-5(3-12-13-6)4-1-2-4/h3-4H,1-2H2,(H,12,13). The van der Waals surface area contributed by atoms with Crippen molar-refractivity contribution in [1.29, 1.82) is 0 Å². The number of carbonyl (C=O) groups is 1. The van der Waals surface area contributed by atoms with Crippen LogP contribution >= 0.6 is 0 Å². The Balaban J connectivity index is 2.10. The lowest BCUT2D eigenvalue weighted by molar-refractivity contribution is -0.190. The van der Waals surface area contributed by atoms with Crippen molar-refractivity contribution >= 4 is 5.97 Å². The smallest absolute Gasteiger partial charge is 0.401 e. The van der Waals surface area contributed by atoms with Gasteiger partial charge in [-0.3, -0.25) is 0 Å². The Hall–Kier alpha value is -1.53. The molecule has 0 amide bonds. The predicted molar refractivity (Wildman–Crippen MR) is 42.3 cm³/mol. The van der Waals surface area contributed by atoms with Gasteiger partial charge in [0.2, 0.25) is 5.88 Å². The van der Waals surface area contributed by atoms with Crippen LogP contribution in [0.3, 0.4) is 0 Å². The molecule has 82 valence electrons. The van der Waals surface area contributed by atoms with Crippen molar-refractivity contribution in [1.82, 2.24) is 10.2 Å². The fourth-order valence-electron chi connectivity index (χ4n) is 1.20. The minimum Gasteiger partial charge on any atom is -0.401 e. The average molecular weight is 220 g/mol. The maximum absolute atomic E-state index is 11.9. The van der Waals surface area contributed by atoms with E-state index in [1.165, 1.54) is 6.20 Å². The Morgan fingerprint density at radius 1 is 1.53 bits per heavy atom. The maximum atomic E-state index is 11.9. The van der Waals surface area contributed by atoms with Crippen LogP contribution in [0, 0.1) is 0 Å². The van der Waals surface area contributed by atoms with Crippen LogP contribution in [0.5, 0.6) is 5.88 Å². The Morgan fingerprint density at radius 3 is 2.73 bits per heavy atom. The van der Waals surface area contributed by atoms with Gasteiger partial charge in [0, 0.05) is 5.56 Å². The van der Waals surface area contributed by atoms with Crippen LogP contribution in [0.1, 0.15) is 24.3 Å². The summed E-state index contributed by atoms with van der Waals surface area (Å²) in [6, 6.07) is 0. The van der Waals surface area contributed by atoms with Gasteiger partial charge >= 0.3 is 12.1 Å². The molecule has 0 saturated heterocycles. The molecule has 7 heteroatoms. The second kappa shape index (κ2) is 3.25. The summed E-state index contributed by atoms with van der Waals surface area (Å²) in [6.45, 7) is 0. The summed E-state index contributed by atoms with van der Waals surface area (Å²) in [5.74, 6) is -2.26. The number of H-pyrrole nitrogens is 1. The summed E-state index contributed by atoms with van der Waals surface area (Å²) in [5.41, 5.74) is 0.535. The molecule has 1 aliphatic rings. The number of ether oxygens (including phenoxy) is 1. The number of esters is 1. The van der Waals surface area contributed by atoms with Crippen molar-refractivity contribution in [3.05, 3.63) is 11.8 Å². The van der Waals surface area contributed by atoms with Gasteiger partial charge in [-0.1, -0.05) is 0 Å². The molecule has 1 aromatic rings. The number of aromatic nitrogens is 2. The fourth-order valence-corrected chi connectivity index (χ4v) is 1.20. The van der Waals surface area contributed by atoms with Crippen LogP contribution in [0.2, 0.25) is 0 Å². The quantitative estimate of drug-likeness (QED) is 0.772. The maximum Gasteiger partial charge on any atom is 0.491 e. The lowest BCUT2D eigenvalue weighted by atomic mass is 10.2. The number of nitrogens with one attached hydrogen (secondary N) is 1. The number of halogens is 3. The average Bonchev–Trinajstić information content (AvgIpc) is 2.86. The molecule has 1 N–H and O–H groups in total. The third-order valence-electron chi connectivity index (χ3n) is 2.08. The van der Waals surface area contributed by atoms with Crippen molar-refractivity contribution in [2.45, 2.75) is 24.9 Å². The van der Waals surface area contributed by atoms with Crippen molar-refractivity contribution in [3.8, 4) is 5.88 Å². The first-order chi connectivity index (χ1) is 6.98. The van der Waals surface area contributed by atoms with Gasteiger partial charge < -0.3 is 4.74 Å². The molecule has 0 unspecified atom stereocenters. The van der Waals surface area contributed by atoms with E-state index in [2.05, 4.69) is 14.9 Å². The topological polar surface area (TPSA) is 55.0 Å². The van der Waals surface area contributed by atoms with Crippen molar-refractivity contribution in [3.63, 3.8) is 0 Å². The van der Waals surface area contributed by atoms with E-state index in [9.17, 15) is 18.0 Å². The predicted octanol–water partition coefficient (Wildman–Crippen LogP) is 1.75. The monoisotopic (exact) mass is 220 g/mol. The molecule has 15 heavy (non-hydrogen) atoms. The minimum absolute atomic E-state index is 0.166. The van der Waals surface area contributed by atoms with Gasteiger partial charge in [0.05, 0.1) is 6.20 Å². The molecule has 1 aromatic heterocycles. The van der Waals surface area contributed by atoms with Gasteiger partial charge in [-0.25, -0.2) is 9.89 Å². The number of alkyl halides is 3. The van der Waals surface area contributed by atoms with E-state index in [-0.39, 0.29) is 11.8 Å². The van der Waals surface area contributed by atoms with E-state index in [4.69, 9.17) is 0 Å². The summed E-state index contributed by atoms with van der Waals surface area (Å²) < 4.78 is 39.8. The van der Waals surface area contributed by atoms with Crippen LogP contribution in [0.4, 0.5) is 13.2 Å². The Labute approximate surface area is 82.4 Å². The van der Waals surface area contributed by atoms with Crippen LogP contribution in [0.15, 0.2) is 6.20 Å². The largest absolute Gasteiger partial charge is 0.491 e. The highest BCUT2D eigenvalue weighted by Crippen LogP contribution is 2.43. The molecule has 0 atom stereocenters. The zero-order valence-electron chi connectivity index (χ0n) is 7.47. The third kappa shape index (κ3) is 2.11. The SMILES string of the molecule is O=C(Oc1[nH]ncc1C1CC1)C(F)(F)F. The molecule has 0 radical (unpaired) electrons. The lowest BCUT2D eigenvalue weighted by Gasteiger charge is -2.05. The Morgan fingerprint density at radius 2 is 2.20 bits per heavy atom. The van der Waals surface area contributed by atoms with Crippen molar-refractivity contribution in [2.75, 3.05) is 0 Å². The number of rotatable bonds is 2. The van der Waals surface area contributed by atoms with E-state index >= 15 is 0 Å². The van der Waals surface area contributed by atoms with E-state index in [0.717, 1.165) is 12.8 Å². The number of hydrogen-bond acceptors (Lipinski definition) is 3. The van der Waals surface area contributed by atoms with Crippen LogP contribution < -0.4 is 4.74 Å². The van der Waals surface area contributed by atoms with Crippen LogP contribution in [0.25, 0.3) is 0 Å². The Kier molecular flexibility index (Phi) is 2.17. The molecule has 0 aliphatic heterocycles. The van der Waals surface area contributed by atoms with Crippen molar-refractivity contribution < 1.29 is 22.7 Å². The molecular formula is C8H7F3N2O2. The number of nitrogens with zero attached hydrogens (tertiary/aromatic N) is 1. The van der Waals surface area contributed by atoms with E-state index in [1.807, 2.05) is 0 Å². The van der Waals surface area contributed by atoms with E-state index in [1.54, 1.807) is 0 Å². The fraction of sp³-hybridized carbons (Fsp3) is 0.500. The molecule has 0 bridgehead atoms. The highest BCUT2D eigenvalue weighted by molar-refractivity contribution is 5.78. The molecule has 1 fully saturated rings. The number of carbonyl (C=O) groups excluding carboxylic acids is 1. The molecule has 1 saturated carbocycles. The summed E-state index contributed by atoms with van der Waals surface area (Å²) >= 11 is 0. The molecule has 1 heterocycles. The van der Waals surface area contributed by atoms with Gasteiger partial charge in [0.1, 0.15) is 0 Å². The highest BCUT2D eigenvalue weighted by atomic mass is 19.4. The van der Waals surface area contributed by atoms with Gasteiger partial charge in [0.25, 0.3) is 0 Å². The van der Waals surface area contributed by atoms with Crippen LogP contribution in [-0.2, 0) is 4.79 Å². The number of aromatic amines is 1. The minimum atomic E-state index is -4.98. The van der Waals surface area contributed by atoms with E-state index in [0.29, 0.717) is 5.56 Å². The van der Waals surface area contributed by atoms with Crippen LogP contribution in [-0.4, -0.2) is 22.3 Å². The summed E-state index contributed by atoms with van der Waals surface area (Å²) in [7, 11) is 0. The molecule has 4 nitrogen and oxygen atoms in total. The summed E-state index contributed by atoms with van der Waals surface area (Å²) in [4.78, 5) is 10.5. The van der Waals surface area contributed by atoms with Gasteiger partial charge in [-0.05, 0) is 18.8 Å². The normalized spacial score (nSPS) is 16.5. The van der Waals surface area contributed by atoms with Gasteiger partial charge in [-0.2, -0.15) is 18.3 Å². The summed E-state index contributed by atoms with van der Waals surface area (Å²) in [6.07, 6.45) is -1.82. The number of hydrogen-bond donors (Lipinski definition) is 1. The third-order valence-corrected chi connectivity index (χ3v) is 2.08. The highest BCUT2D eigenvalue weighted by Gasteiger charge is 2.42. The molecule has 1 aliphatic carbocycles. The first-order valence-corrected chi connectivity index (χ1v) is 4.30.